The van der Waals surface area contributed by atoms with Crippen molar-refractivity contribution in [1.82, 2.24) is 10.6 Å². The van der Waals surface area contributed by atoms with E-state index in [2.05, 4.69) is 42.5 Å². The first kappa shape index (κ1) is 19.8. The first-order valence-electron chi connectivity index (χ1n) is 7.82. The highest BCUT2D eigenvalue weighted by Gasteiger charge is 2.35. The van der Waals surface area contributed by atoms with Crippen LogP contribution in [0.3, 0.4) is 0 Å². The molecule has 3 N–H and O–H groups in total. The summed E-state index contributed by atoms with van der Waals surface area (Å²) in [5.41, 5.74) is 1.52. The quantitative estimate of drug-likeness (QED) is 0.571. The Labute approximate surface area is 163 Å². The molecule has 0 saturated heterocycles. The van der Waals surface area contributed by atoms with Gasteiger partial charge in [0.1, 0.15) is 5.75 Å². The molecule has 1 heterocycles. The molecular weight excluding hydrogens is 456 g/mol. The van der Waals surface area contributed by atoms with Crippen molar-refractivity contribution in [2.75, 3.05) is 0 Å². The van der Waals surface area contributed by atoms with E-state index in [1.54, 1.807) is 26.0 Å². The highest BCUT2D eigenvalue weighted by molar-refractivity contribution is 9.11. The Kier molecular flexibility index (Phi) is 6.16. The number of carbonyl (C=O) groups excluding carboxylic acids is 2. The molecule has 25 heavy (non-hydrogen) atoms. The van der Waals surface area contributed by atoms with Crippen molar-refractivity contribution in [1.29, 1.82) is 0 Å². The smallest absolute Gasteiger partial charge is 0.338 e. The number of benzene rings is 1. The van der Waals surface area contributed by atoms with Crippen molar-refractivity contribution in [2.45, 2.75) is 39.8 Å². The van der Waals surface area contributed by atoms with E-state index in [1.165, 1.54) is 0 Å². The average molecular weight is 476 g/mol. The summed E-state index contributed by atoms with van der Waals surface area (Å²) in [5.74, 6) is -0.521. The van der Waals surface area contributed by atoms with Gasteiger partial charge >= 0.3 is 12.0 Å². The van der Waals surface area contributed by atoms with Gasteiger partial charge < -0.3 is 20.5 Å². The van der Waals surface area contributed by atoms with Crippen molar-refractivity contribution in [3.05, 3.63) is 37.9 Å². The van der Waals surface area contributed by atoms with Crippen LogP contribution in [0.4, 0.5) is 4.79 Å². The number of carbonyl (C=O) groups is 2. The summed E-state index contributed by atoms with van der Waals surface area (Å²) in [6.45, 7) is 7.32. The molecule has 136 valence electrons. The number of phenolic OH excluding ortho intramolecular Hbond substituents is 1. The van der Waals surface area contributed by atoms with Gasteiger partial charge in [-0.25, -0.2) is 9.59 Å². The molecule has 0 aromatic heterocycles. The van der Waals surface area contributed by atoms with E-state index < -0.39 is 18.0 Å². The highest BCUT2D eigenvalue weighted by Crippen LogP contribution is 2.38. The fourth-order valence-corrected chi connectivity index (χ4v) is 3.77. The second-order valence-corrected chi connectivity index (χ2v) is 8.01. The van der Waals surface area contributed by atoms with Gasteiger partial charge in [-0.3, -0.25) is 0 Å². The number of nitrogens with one attached hydrogen (secondary N) is 2. The van der Waals surface area contributed by atoms with E-state index in [1.807, 2.05) is 13.8 Å². The van der Waals surface area contributed by atoms with Gasteiger partial charge in [-0.2, -0.15) is 0 Å². The minimum atomic E-state index is -0.689. The van der Waals surface area contributed by atoms with Crippen molar-refractivity contribution in [2.24, 2.45) is 5.92 Å². The van der Waals surface area contributed by atoms with E-state index in [0.717, 1.165) is 0 Å². The first-order chi connectivity index (χ1) is 11.6. The van der Waals surface area contributed by atoms with E-state index >= 15 is 0 Å². The molecule has 0 aliphatic carbocycles. The number of ether oxygens (including phenoxy) is 1. The van der Waals surface area contributed by atoms with E-state index in [-0.39, 0.29) is 17.8 Å². The second-order valence-electron chi connectivity index (χ2n) is 6.30. The molecule has 1 aliphatic rings. The Balaban J connectivity index is 2.61. The summed E-state index contributed by atoms with van der Waals surface area (Å²) >= 11 is 6.56. The third-order valence-electron chi connectivity index (χ3n) is 3.62. The summed E-state index contributed by atoms with van der Waals surface area (Å²) in [5, 5.41) is 15.4. The van der Waals surface area contributed by atoms with Crippen LogP contribution in [0.25, 0.3) is 0 Å². The van der Waals surface area contributed by atoms with E-state index in [0.29, 0.717) is 25.8 Å². The number of aromatic hydroxyl groups is 1. The molecule has 0 fully saturated rings. The first-order valence-corrected chi connectivity index (χ1v) is 9.40. The van der Waals surface area contributed by atoms with E-state index in [9.17, 15) is 14.7 Å². The fourth-order valence-electron chi connectivity index (χ4n) is 2.55. The maximum absolute atomic E-state index is 12.7. The van der Waals surface area contributed by atoms with Gasteiger partial charge in [0.25, 0.3) is 0 Å². The van der Waals surface area contributed by atoms with Gasteiger partial charge in [0.2, 0.25) is 0 Å². The molecule has 8 heteroatoms. The Hall–Kier alpha value is -1.54. The average Bonchev–Trinajstić information content (AvgIpc) is 2.50. The topological polar surface area (TPSA) is 87.7 Å². The Morgan fingerprint density at radius 3 is 2.24 bits per heavy atom. The van der Waals surface area contributed by atoms with Crippen LogP contribution in [0.15, 0.2) is 32.3 Å². The van der Waals surface area contributed by atoms with Crippen LogP contribution in [0, 0.1) is 5.92 Å². The van der Waals surface area contributed by atoms with Gasteiger partial charge in [-0.05, 0) is 69.3 Å². The van der Waals surface area contributed by atoms with Gasteiger partial charge in [-0.1, -0.05) is 13.8 Å². The number of hydrogen-bond donors (Lipinski definition) is 3. The summed E-state index contributed by atoms with van der Waals surface area (Å²) in [6, 6.07) is 2.24. The summed E-state index contributed by atoms with van der Waals surface area (Å²) < 4.78 is 6.28. The number of amides is 2. The minimum Gasteiger partial charge on any atom is -0.506 e. The summed E-state index contributed by atoms with van der Waals surface area (Å²) in [4.78, 5) is 24.8. The lowest BCUT2D eigenvalue weighted by atomic mass is 9.91. The van der Waals surface area contributed by atoms with Crippen molar-refractivity contribution in [3.8, 4) is 5.75 Å². The van der Waals surface area contributed by atoms with Crippen LogP contribution in [0.5, 0.6) is 5.75 Å². The lowest BCUT2D eigenvalue weighted by Crippen LogP contribution is -2.47. The number of urea groups is 1. The molecule has 0 bridgehead atoms. The van der Waals surface area contributed by atoms with Crippen LogP contribution >= 0.6 is 31.9 Å². The summed E-state index contributed by atoms with van der Waals surface area (Å²) in [6.07, 6.45) is -0.287. The third-order valence-corrected chi connectivity index (χ3v) is 4.82. The van der Waals surface area contributed by atoms with E-state index in [4.69, 9.17) is 4.74 Å². The molecule has 6 nitrogen and oxygen atoms in total. The zero-order valence-electron chi connectivity index (χ0n) is 14.3. The van der Waals surface area contributed by atoms with Crippen LogP contribution < -0.4 is 10.6 Å². The molecule has 1 aromatic rings. The van der Waals surface area contributed by atoms with Crippen LogP contribution in [-0.4, -0.2) is 23.2 Å². The zero-order chi connectivity index (χ0) is 18.9. The lowest BCUT2D eigenvalue weighted by molar-refractivity contribution is -0.143. The number of halogens is 2. The van der Waals surface area contributed by atoms with Crippen molar-refractivity contribution in [3.63, 3.8) is 0 Å². The maximum Gasteiger partial charge on any atom is 0.338 e. The second kappa shape index (κ2) is 7.78. The minimum absolute atomic E-state index is 0.0448. The fraction of sp³-hybridized carbons (Fsp3) is 0.412. The molecule has 1 aromatic carbocycles. The largest absolute Gasteiger partial charge is 0.506 e. The molecule has 0 saturated carbocycles. The number of hydrogen-bond acceptors (Lipinski definition) is 4. The standard InChI is InChI=1S/C17H20Br2N2O4/c1-7(2)13-12(16(23)25-8(3)4)14(21-17(24)20-13)9-5-10(18)15(22)11(19)6-9/h5-8,14,22H,1-4H3,(H2,20,21,24). The molecule has 1 unspecified atom stereocenters. The van der Waals surface area contributed by atoms with Crippen LogP contribution in [0.2, 0.25) is 0 Å². The van der Waals surface area contributed by atoms with Crippen molar-refractivity contribution < 1.29 is 19.4 Å². The molecular formula is C17H20Br2N2O4. The Bertz CT molecular complexity index is 721. The number of phenols is 1. The maximum atomic E-state index is 12.7. The molecule has 0 spiro atoms. The molecule has 1 aliphatic heterocycles. The normalized spacial score (nSPS) is 17.6. The van der Waals surface area contributed by atoms with Crippen LogP contribution in [-0.2, 0) is 9.53 Å². The zero-order valence-corrected chi connectivity index (χ0v) is 17.5. The van der Waals surface area contributed by atoms with Crippen molar-refractivity contribution >= 4 is 43.9 Å². The van der Waals surface area contributed by atoms with Gasteiger partial charge in [0.15, 0.2) is 0 Å². The van der Waals surface area contributed by atoms with Gasteiger partial charge in [0, 0.05) is 5.70 Å². The molecule has 2 rings (SSSR count). The van der Waals surface area contributed by atoms with Crippen LogP contribution in [0.1, 0.15) is 39.3 Å². The Morgan fingerprint density at radius 1 is 1.20 bits per heavy atom. The highest BCUT2D eigenvalue weighted by atomic mass is 79.9. The molecule has 2 amide bonds. The molecule has 1 atom stereocenters. The van der Waals surface area contributed by atoms with Gasteiger partial charge in [-0.15, -0.1) is 0 Å². The monoisotopic (exact) mass is 474 g/mol. The predicted octanol–water partition coefficient (Wildman–Crippen LogP) is 4.13. The lowest BCUT2D eigenvalue weighted by Gasteiger charge is -2.31. The SMILES string of the molecule is CC(C)OC(=O)C1=C(C(C)C)NC(=O)NC1c1cc(Br)c(O)c(Br)c1. The number of rotatable bonds is 4. The molecule has 0 radical (unpaired) electrons. The Morgan fingerprint density at radius 2 is 1.76 bits per heavy atom. The third kappa shape index (κ3) is 4.36. The predicted molar refractivity (Wildman–Crippen MR) is 101 cm³/mol. The summed E-state index contributed by atoms with van der Waals surface area (Å²) in [7, 11) is 0. The number of allylic oxidation sites excluding steroid dienone is 1. The number of esters is 1. The van der Waals surface area contributed by atoms with Gasteiger partial charge in [0.05, 0.1) is 26.7 Å².